The summed E-state index contributed by atoms with van der Waals surface area (Å²) in [5.41, 5.74) is 0.718. The summed E-state index contributed by atoms with van der Waals surface area (Å²) in [5.74, 6) is 1.55. The minimum absolute atomic E-state index is 0.0114. The minimum atomic E-state index is -0.0524. The van der Waals surface area contributed by atoms with Gasteiger partial charge in [-0.3, -0.25) is 9.59 Å². The SMILES string of the molecule is CCCCC(=O)N1CCC(C(=O)Nc2ccc3c(c2)OCCO3)CC1. The maximum Gasteiger partial charge on any atom is 0.227 e. The number of ether oxygens (including phenoxy) is 2. The first kappa shape index (κ1) is 17.6. The lowest BCUT2D eigenvalue weighted by Gasteiger charge is -2.31. The Morgan fingerprint density at radius 3 is 2.60 bits per heavy atom. The van der Waals surface area contributed by atoms with E-state index in [1.807, 2.05) is 17.0 Å². The molecule has 0 radical (unpaired) electrons. The smallest absolute Gasteiger partial charge is 0.227 e. The molecular formula is C19H26N2O4. The van der Waals surface area contributed by atoms with E-state index < -0.39 is 0 Å². The quantitative estimate of drug-likeness (QED) is 0.890. The van der Waals surface area contributed by atoms with Crippen LogP contribution in [0.1, 0.15) is 39.0 Å². The molecule has 25 heavy (non-hydrogen) atoms. The van der Waals surface area contributed by atoms with Crippen LogP contribution >= 0.6 is 0 Å². The maximum atomic E-state index is 12.5. The summed E-state index contributed by atoms with van der Waals surface area (Å²) >= 11 is 0. The second-order valence-corrected chi connectivity index (χ2v) is 6.61. The highest BCUT2D eigenvalue weighted by Gasteiger charge is 2.27. The Bertz CT molecular complexity index is 624. The van der Waals surface area contributed by atoms with Crippen LogP contribution in [-0.4, -0.2) is 43.0 Å². The fourth-order valence-electron chi connectivity index (χ4n) is 3.24. The fourth-order valence-corrected chi connectivity index (χ4v) is 3.24. The molecule has 1 fully saturated rings. The Labute approximate surface area is 148 Å². The molecule has 0 unspecified atom stereocenters. The molecule has 1 aromatic rings. The summed E-state index contributed by atoms with van der Waals surface area (Å²) in [4.78, 5) is 26.5. The molecule has 2 aliphatic rings. The Morgan fingerprint density at radius 1 is 1.16 bits per heavy atom. The molecule has 0 saturated carbocycles. The van der Waals surface area contributed by atoms with E-state index in [9.17, 15) is 9.59 Å². The van der Waals surface area contributed by atoms with E-state index in [4.69, 9.17) is 9.47 Å². The van der Waals surface area contributed by atoms with Gasteiger partial charge in [-0.25, -0.2) is 0 Å². The van der Waals surface area contributed by atoms with Crippen LogP contribution in [0.2, 0.25) is 0 Å². The van der Waals surface area contributed by atoms with Gasteiger partial charge >= 0.3 is 0 Å². The number of likely N-dealkylation sites (tertiary alicyclic amines) is 1. The summed E-state index contributed by atoms with van der Waals surface area (Å²) in [6.07, 6.45) is 4.01. The molecule has 0 atom stereocenters. The highest BCUT2D eigenvalue weighted by Crippen LogP contribution is 2.33. The van der Waals surface area contributed by atoms with Gasteiger partial charge in [0, 0.05) is 37.2 Å². The van der Waals surface area contributed by atoms with Gasteiger partial charge in [-0.15, -0.1) is 0 Å². The van der Waals surface area contributed by atoms with Crippen LogP contribution in [0.25, 0.3) is 0 Å². The standard InChI is InChI=1S/C19H26N2O4/c1-2-3-4-18(22)21-9-7-14(8-10-21)19(23)20-15-5-6-16-17(13-15)25-12-11-24-16/h5-6,13-14H,2-4,7-12H2,1H3,(H,20,23). The first-order chi connectivity index (χ1) is 12.2. The van der Waals surface area contributed by atoms with Crippen LogP contribution in [-0.2, 0) is 9.59 Å². The van der Waals surface area contributed by atoms with Crippen molar-refractivity contribution in [2.75, 3.05) is 31.6 Å². The second-order valence-electron chi connectivity index (χ2n) is 6.61. The van der Waals surface area contributed by atoms with Gasteiger partial charge in [0.2, 0.25) is 11.8 Å². The summed E-state index contributed by atoms with van der Waals surface area (Å²) in [7, 11) is 0. The molecule has 6 heteroatoms. The fraction of sp³-hybridized carbons (Fsp3) is 0.579. The molecule has 1 N–H and O–H groups in total. The third kappa shape index (κ3) is 4.44. The lowest BCUT2D eigenvalue weighted by molar-refractivity contribution is -0.134. The van der Waals surface area contributed by atoms with Crippen LogP contribution in [0, 0.1) is 5.92 Å². The second kappa shape index (κ2) is 8.23. The van der Waals surface area contributed by atoms with E-state index in [0.717, 1.165) is 18.5 Å². The number of fused-ring (bicyclic) bond motifs is 1. The number of carbonyl (C=O) groups is 2. The lowest BCUT2D eigenvalue weighted by atomic mass is 9.95. The van der Waals surface area contributed by atoms with Gasteiger partial charge in [-0.1, -0.05) is 13.3 Å². The number of piperidine rings is 1. The zero-order chi connectivity index (χ0) is 17.6. The van der Waals surface area contributed by atoms with Gasteiger partial charge in [-0.2, -0.15) is 0 Å². The van der Waals surface area contributed by atoms with Crippen molar-refractivity contribution in [3.63, 3.8) is 0 Å². The molecule has 1 aromatic carbocycles. The number of nitrogens with zero attached hydrogens (tertiary/aromatic N) is 1. The molecule has 0 spiro atoms. The van der Waals surface area contributed by atoms with Crippen LogP contribution in [0.15, 0.2) is 18.2 Å². The molecule has 0 aliphatic carbocycles. The number of unbranched alkanes of at least 4 members (excludes halogenated alkanes) is 1. The zero-order valence-electron chi connectivity index (χ0n) is 14.8. The Hall–Kier alpha value is -2.24. The lowest BCUT2D eigenvalue weighted by Crippen LogP contribution is -2.41. The largest absolute Gasteiger partial charge is 0.486 e. The Balaban J connectivity index is 1.50. The normalized spacial score (nSPS) is 17.2. The van der Waals surface area contributed by atoms with Crippen molar-refractivity contribution in [3.8, 4) is 11.5 Å². The van der Waals surface area contributed by atoms with Crippen molar-refractivity contribution in [1.82, 2.24) is 4.90 Å². The average molecular weight is 346 g/mol. The van der Waals surface area contributed by atoms with Gasteiger partial charge in [0.05, 0.1) is 0 Å². The zero-order valence-corrected chi connectivity index (χ0v) is 14.8. The molecule has 0 aromatic heterocycles. The van der Waals surface area contributed by atoms with Crippen molar-refractivity contribution < 1.29 is 19.1 Å². The Kier molecular flexibility index (Phi) is 5.79. The molecule has 1 saturated heterocycles. The molecule has 6 nitrogen and oxygen atoms in total. The molecular weight excluding hydrogens is 320 g/mol. The van der Waals surface area contributed by atoms with E-state index >= 15 is 0 Å². The maximum absolute atomic E-state index is 12.5. The molecule has 136 valence electrons. The summed E-state index contributed by atoms with van der Waals surface area (Å²) in [6.45, 7) is 4.49. The molecule has 2 amide bonds. The number of hydrogen-bond acceptors (Lipinski definition) is 4. The number of anilines is 1. The molecule has 3 rings (SSSR count). The van der Waals surface area contributed by atoms with Crippen LogP contribution < -0.4 is 14.8 Å². The predicted molar refractivity (Wildman–Crippen MR) is 94.9 cm³/mol. The highest BCUT2D eigenvalue weighted by molar-refractivity contribution is 5.93. The molecule has 0 bridgehead atoms. The third-order valence-electron chi connectivity index (χ3n) is 4.77. The first-order valence-electron chi connectivity index (χ1n) is 9.15. The topological polar surface area (TPSA) is 67.9 Å². The van der Waals surface area contributed by atoms with E-state index in [1.54, 1.807) is 6.07 Å². The van der Waals surface area contributed by atoms with Crippen molar-refractivity contribution in [2.45, 2.75) is 39.0 Å². The van der Waals surface area contributed by atoms with E-state index in [0.29, 0.717) is 57.1 Å². The van der Waals surface area contributed by atoms with Gasteiger partial charge in [0.25, 0.3) is 0 Å². The van der Waals surface area contributed by atoms with Crippen molar-refractivity contribution >= 4 is 17.5 Å². The average Bonchev–Trinajstić information content (AvgIpc) is 2.66. The summed E-state index contributed by atoms with van der Waals surface area (Å²) < 4.78 is 11.0. The third-order valence-corrected chi connectivity index (χ3v) is 4.77. The Morgan fingerprint density at radius 2 is 1.88 bits per heavy atom. The van der Waals surface area contributed by atoms with Gasteiger partial charge < -0.3 is 19.7 Å². The molecule has 2 heterocycles. The van der Waals surface area contributed by atoms with Crippen molar-refractivity contribution in [3.05, 3.63) is 18.2 Å². The number of amides is 2. The molecule has 2 aliphatic heterocycles. The van der Waals surface area contributed by atoms with E-state index in [2.05, 4.69) is 12.2 Å². The van der Waals surface area contributed by atoms with Gasteiger partial charge in [0.15, 0.2) is 11.5 Å². The first-order valence-corrected chi connectivity index (χ1v) is 9.15. The van der Waals surface area contributed by atoms with Gasteiger partial charge in [-0.05, 0) is 31.4 Å². The predicted octanol–water partition coefficient (Wildman–Crippen LogP) is 2.83. The van der Waals surface area contributed by atoms with Crippen molar-refractivity contribution in [1.29, 1.82) is 0 Å². The highest BCUT2D eigenvalue weighted by atomic mass is 16.6. The van der Waals surface area contributed by atoms with Gasteiger partial charge in [0.1, 0.15) is 13.2 Å². The monoisotopic (exact) mass is 346 g/mol. The summed E-state index contributed by atoms with van der Waals surface area (Å²) in [5, 5.41) is 2.96. The van der Waals surface area contributed by atoms with Crippen LogP contribution in [0.4, 0.5) is 5.69 Å². The van der Waals surface area contributed by atoms with Crippen molar-refractivity contribution in [2.24, 2.45) is 5.92 Å². The van der Waals surface area contributed by atoms with E-state index in [-0.39, 0.29) is 17.7 Å². The summed E-state index contributed by atoms with van der Waals surface area (Å²) in [6, 6.07) is 5.45. The van der Waals surface area contributed by atoms with Crippen LogP contribution in [0.3, 0.4) is 0 Å². The number of carbonyl (C=O) groups excluding carboxylic acids is 2. The number of benzene rings is 1. The van der Waals surface area contributed by atoms with E-state index in [1.165, 1.54) is 0 Å². The number of hydrogen-bond donors (Lipinski definition) is 1. The van der Waals surface area contributed by atoms with Crippen LogP contribution in [0.5, 0.6) is 11.5 Å². The number of nitrogens with one attached hydrogen (secondary N) is 1. The number of rotatable bonds is 5. The minimum Gasteiger partial charge on any atom is -0.486 e.